The summed E-state index contributed by atoms with van der Waals surface area (Å²) in [6.45, 7) is 2.42. The summed E-state index contributed by atoms with van der Waals surface area (Å²) in [5, 5.41) is 12.7. The maximum Gasteiger partial charge on any atom is 0.137 e. The van der Waals surface area contributed by atoms with Crippen molar-refractivity contribution < 1.29 is 9.50 Å². The number of aliphatic hydroxyl groups is 1. The van der Waals surface area contributed by atoms with Crippen molar-refractivity contribution in [2.45, 2.75) is 44.7 Å². The third-order valence-electron chi connectivity index (χ3n) is 4.03. The molecule has 2 N–H and O–H groups in total. The van der Waals surface area contributed by atoms with Gasteiger partial charge in [-0.05, 0) is 72.2 Å². The Morgan fingerprint density at radius 1 is 1.37 bits per heavy atom. The molecule has 0 bridgehead atoms. The first-order valence-electron chi connectivity index (χ1n) is 6.92. The molecule has 2 nitrogen and oxygen atoms in total. The van der Waals surface area contributed by atoms with Crippen LogP contribution in [0.4, 0.5) is 4.39 Å². The fourth-order valence-corrected chi connectivity index (χ4v) is 3.14. The summed E-state index contributed by atoms with van der Waals surface area (Å²) in [7, 11) is 0. The molecule has 0 saturated heterocycles. The number of nitrogens with one attached hydrogen (secondary N) is 1. The lowest BCUT2D eigenvalue weighted by Crippen LogP contribution is -2.35. The predicted molar refractivity (Wildman–Crippen MR) is 78.5 cm³/mol. The van der Waals surface area contributed by atoms with E-state index in [1.807, 2.05) is 12.1 Å². The molecule has 4 heteroatoms. The molecule has 0 heterocycles. The standard InChI is InChI=1S/C15H21BrFNO/c1-10(12-4-7-15(17)14(16)8-12)18-13-5-2-11(9-19)3-6-13/h4,7-8,10-11,13,18-19H,2-3,5-6,9H2,1H3. The van der Waals surface area contributed by atoms with Crippen LogP contribution in [0.15, 0.2) is 22.7 Å². The largest absolute Gasteiger partial charge is 0.396 e. The highest BCUT2D eigenvalue weighted by Crippen LogP contribution is 2.27. The summed E-state index contributed by atoms with van der Waals surface area (Å²) >= 11 is 3.23. The van der Waals surface area contributed by atoms with Crippen LogP contribution in [0.5, 0.6) is 0 Å². The molecule has 1 fully saturated rings. The Labute approximate surface area is 122 Å². The van der Waals surface area contributed by atoms with Crippen molar-refractivity contribution in [3.63, 3.8) is 0 Å². The van der Waals surface area contributed by atoms with E-state index in [4.69, 9.17) is 5.11 Å². The molecule has 1 aromatic carbocycles. The summed E-state index contributed by atoms with van der Waals surface area (Å²) in [5.41, 5.74) is 1.09. The van der Waals surface area contributed by atoms with Gasteiger partial charge in [0.05, 0.1) is 4.47 Å². The molecular weight excluding hydrogens is 309 g/mol. The summed E-state index contributed by atoms with van der Waals surface area (Å²) in [4.78, 5) is 0. The molecule has 1 saturated carbocycles. The molecular formula is C15H21BrFNO. The van der Waals surface area contributed by atoms with E-state index in [2.05, 4.69) is 28.2 Å². The van der Waals surface area contributed by atoms with Gasteiger partial charge in [0.25, 0.3) is 0 Å². The molecule has 1 unspecified atom stereocenters. The van der Waals surface area contributed by atoms with E-state index in [9.17, 15) is 4.39 Å². The molecule has 1 atom stereocenters. The van der Waals surface area contributed by atoms with Crippen LogP contribution < -0.4 is 5.32 Å². The maximum atomic E-state index is 13.2. The number of halogens is 2. The first kappa shape index (κ1) is 14.9. The number of benzene rings is 1. The SMILES string of the molecule is CC(NC1CCC(CO)CC1)c1ccc(F)c(Br)c1. The van der Waals surface area contributed by atoms with Gasteiger partial charge in [-0.1, -0.05) is 6.07 Å². The second-order valence-corrected chi connectivity index (χ2v) is 6.32. The average Bonchev–Trinajstić information content (AvgIpc) is 2.42. The Balaban J connectivity index is 1.90. The third kappa shape index (κ3) is 4.01. The zero-order valence-corrected chi connectivity index (χ0v) is 12.8. The minimum atomic E-state index is -0.223. The van der Waals surface area contributed by atoms with E-state index in [0.29, 0.717) is 23.0 Å². The first-order valence-corrected chi connectivity index (χ1v) is 7.71. The normalized spacial score (nSPS) is 25.3. The molecule has 0 amide bonds. The second kappa shape index (κ2) is 6.82. The molecule has 0 spiro atoms. The van der Waals surface area contributed by atoms with Crippen LogP contribution in [0.3, 0.4) is 0 Å². The lowest BCUT2D eigenvalue weighted by atomic mass is 9.86. The van der Waals surface area contributed by atoms with Crippen LogP contribution >= 0.6 is 15.9 Å². The zero-order chi connectivity index (χ0) is 13.8. The quantitative estimate of drug-likeness (QED) is 0.880. The molecule has 2 rings (SSSR count). The monoisotopic (exact) mass is 329 g/mol. The van der Waals surface area contributed by atoms with E-state index >= 15 is 0 Å². The third-order valence-corrected chi connectivity index (χ3v) is 4.64. The number of rotatable bonds is 4. The van der Waals surface area contributed by atoms with Crippen molar-refractivity contribution in [2.24, 2.45) is 5.92 Å². The first-order chi connectivity index (χ1) is 9.10. The van der Waals surface area contributed by atoms with Crippen molar-refractivity contribution in [1.82, 2.24) is 5.32 Å². The minimum absolute atomic E-state index is 0.215. The Kier molecular flexibility index (Phi) is 5.37. The molecule has 1 aliphatic rings. The molecule has 1 aromatic rings. The highest BCUT2D eigenvalue weighted by atomic mass is 79.9. The van der Waals surface area contributed by atoms with Gasteiger partial charge in [-0.15, -0.1) is 0 Å². The Morgan fingerprint density at radius 3 is 2.63 bits per heavy atom. The predicted octanol–water partition coefficient (Wildman–Crippen LogP) is 3.79. The number of hydrogen-bond acceptors (Lipinski definition) is 2. The van der Waals surface area contributed by atoms with Crippen LogP contribution in [0.25, 0.3) is 0 Å². The Morgan fingerprint density at radius 2 is 2.05 bits per heavy atom. The smallest absolute Gasteiger partial charge is 0.137 e. The van der Waals surface area contributed by atoms with Crippen molar-refractivity contribution >= 4 is 15.9 Å². The molecule has 0 radical (unpaired) electrons. The van der Waals surface area contributed by atoms with Crippen LogP contribution in [0.1, 0.15) is 44.2 Å². The average molecular weight is 330 g/mol. The van der Waals surface area contributed by atoms with Crippen molar-refractivity contribution in [3.8, 4) is 0 Å². The van der Waals surface area contributed by atoms with E-state index in [1.54, 1.807) is 0 Å². The summed E-state index contributed by atoms with van der Waals surface area (Å²) < 4.78 is 13.7. The lowest BCUT2D eigenvalue weighted by molar-refractivity contribution is 0.172. The van der Waals surface area contributed by atoms with E-state index in [1.165, 1.54) is 6.07 Å². The molecule has 106 valence electrons. The molecule has 1 aliphatic carbocycles. The van der Waals surface area contributed by atoms with Crippen molar-refractivity contribution in [2.75, 3.05) is 6.61 Å². The molecule has 19 heavy (non-hydrogen) atoms. The number of hydrogen-bond donors (Lipinski definition) is 2. The fourth-order valence-electron chi connectivity index (χ4n) is 2.74. The topological polar surface area (TPSA) is 32.3 Å². The van der Waals surface area contributed by atoms with Crippen LogP contribution in [0.2, 0.25) is 0 Å². The van der Waals surface area contributed by atoms with Gasteiger partial charge in [-0.3, -0.25) is 0 Å². The summed E-state index contributed by atoms with van der Waals surface area (Å²) in [5.74, 6) is 0.257. The summed E-state index contributed by atoms with van der Waals surface area (Å²) in [6.07, 6.45) is 4.40. The van der Waals surface area contributed by atoms with Crippen molar-refractivity contribution in [3.05, 3.63) is 34.1 Å². The zero-order valence-electron chi connectivity index (χ0n) is 11.2. The van der Waals surface area contributed by atoms with Gasteiger partial charge < -0.3 is 10.4 Å². The van der Waals surface area contributed by atoms with E-state index < -0.39 is 0 Å². The number of aliphatic hydroxyl groups excluding tert-OH is 1. The van der Waals surface area contributed by atoms with Gasteiger partial charge in [0.15, 0.2) is 0 Å². The van der Waals surface area contributed by atoms with E-state index in [-0.39, 0.29) is 11.9 Å². The Hall–Kier alpha value is -0.450. The highest BCUT2D eigenvalue weighted by molar-refractivity contribution is 9.10. The van der Waals surface area contributed by atoms with Gasteiger partial charge in [0.2, 0.25) is 0 Å². The van der Waals surface area contributed by atoms with Gasteiger partial charge in [0.1, 0.15) is 5.82 Å². The molecule has 0 aromatic heterocycles. The summed E-state index contributed by atoms with van der Waals surface area (Å²) in [6, 6.07) is 5.89. The van der Waals surface area contributed by atoms with Crippen molar-refractivity contribution in [1.29, 1.82) is 0 Å². The molecule has 0 aliphatic heterocycles. The second-order valence-electron chi connectivity index (χ2n) is 5.46. The minimum Gasteiger partial charge on any atom is -0.396 e. The van der Waals surface area contributed by atoms with Gasteiger partial charge in [0, 0.05) is 18.7 Å². The van der Waals surface area contributed by atoms with Crippen LogP contribution in [-0.4, -0.2) is 17.8 Å². The van der Waals surface area contributed by atoms with Gasteiger partial charge in [-0.2, -0.15) is 0 Å². The van der Waals surface area contributed by atoms with Crippen LogP contribution in [0, 0.1) is 11.7 Å². The van der Waals surface area contributed by atoms with E-state index in [0.717, 1.165) is 31.2 Å². The fraction of sp³-hybridized carbons (Fsp3) is 0.600. The highest BCUT2D eigenvalue weighted by Gasteiger charge is 2.22. The van der Waals surface area contributed by atoms with Crippen LogP contribution in [-0.2, 0) is 0 Å². The van der Waals surface area contributed by atoms with Gasteiger partial charge in [-0.25, -0.2) is 4.39 Å². The van der Waals surface area contributed by atoms with Gasteiger partial charge >= 0.3 is 0 Å². The Bertz CT molecular complexity index is 419. The maximum absolute atomic E-state index is 13.2. The lowest BCUT2D eigenvalue weighted by Gasteiger charge is -2.30.